The minimum absolute atomic E-state index is 0.143. The lowest BCUT2D eigenvalue weighted by Gasteiger charge is -2.29. The number of benzene rings is 2. The van der Waals surface area contributed by atoms with E-state index in [4.69, 9.17) is 0 Å². The molecule has 2 aromatic carbocycles. The van der Waals surface area contributed by atoms with Crippen LogP contribution in [0.5, 0.6) is 0 Å². The lowest BCUT2D eigenvalue weighted by molar-refractivity contribution is -0.883. The maximum atomic E-state index is 12.9. The fourth-order valence-corrected chi connectivity index (χ4v) is 5.50. The molecule has 0 bridgehead atoms. The molecule has 9 heteroatoms. The van der Waals surface area contributed by atoms with Crippen LogP contribution in [0.4, 0.5) is 5.13 Å². The van der Waals surface area contributed by atoms with Gasteiger partial charge in [-0.25, -0.2) is 13.4 Å². The normalized spacial score (nSPS) is 16.3. The van der Waals surface area contributed by atoms with Gasteiger partial charge in [0.25, 0.3) is 5.91 Å². The largest absolute Gasteiger partial charge is 0.335 e. The summed E-state index contributed by atoms with van der Waals surface area (Å²) in [6, 6.07) is 13.8. The zero-order chi connectivity index (χ0) is 19.7. The Labute approximate surface area is 167 Å². The minimum Gasteiger partial charge on any atom is -0.335 e. The molecule has 0 radical (unpaired) electrons. The van der Waals surface area contributed by atoms with Crippen molar-refractivity contribution in [2.45, 2.75) is 4.90 Å². The zero-order valence-electron chi connectivity index (χ0n) is 15.4. The number of anilines is 1. The standard InChI is InChI=1S/C19H20N4O3S2/c1-22-9-11-23(12-10-22)28(25,26)15-6-4-5-14(13-15)18(24)21-19-20-16-7-2-3-8-17(16)27-19/h2-8,13H,9-12H2,1H3,(H,20,21,24)/p+1. The quantitative estimate of drug-likeness (QED) is 0.665. The van der Waals surface area contributed by atoms with Gasteiger partial charge in [-0.3, -0.25) is 10.1 Å². The Morgan fingerprint density at radius 3 is 2.64 bits per heavy atom. The average Bonchev–Trinajstić information content (AvgIpc) is 3.10. The van der Waals surface area contributed by atoms with E-state index < -0.39 is 10.0 Å². The first kappa shape index (κ1) is 19.0. The van der Waals surface area contributed by atoms with Crippen molar-refractivity contribution in [3.05, 3.63) is 54.1 Å². The summed E-state index contributed by atoms with van der Waals surface area (Å²) < 4.78 is 28.3. The van der Waals surface area contributed by atoms with Gasteiger partial charge in [0.1, 0.15) is 0 Å². The number of thiazole rings is 1. The molecule has 0 atom stereocenters. The third-order valence-electron chi connectivity index (χ3n) is 4.82. The van der Waals surface area contributed by atoms with E-state index in [-0.39, 0.29) is 10.8 Å². The lowest BCUT2D eigenvalue weighted by atomic mass is 10.2. The van der Waals surface area contributed by atoms with Gasteiger partial charge >= 0.3 is 0 Å². The van der Waals surface area contributed by atoms with Crippen molar-refractivity contribution in [2.24, 2.45) is 0 Å². The number of nitrogens with zero attached hydrogens (tertiary/aromatic N) is 2. The average molecular weight is 418 g/mol. The second-order valence-electron chi connectivity index (χ2n) is 6.83. The highest BCUT2D eigenvalue weighted by Crippen LogP contribution is 2.26. The number of fused-ring (bicyclic) bond motifs is 1. The number of quaternary nitrogens is 1. The van der Waals surface area contributed by atoms with Gasteiger partial charge in [0.15, 0.2) is 5.13 Å². The van der Waals surface area contributed by atoms with E-state index in [1.165, 1.54) is 32.7 Å². The summed E-state index contributed by atoms with van der Waals surface area (Å²) in [5.74, 6) is -0.376. The van der Waals surface area contributed by atoms with Crippen molar-refractivity contribution in [1.82, 2.24) is 9.29 Å². The van der Waals surface area contributed by atoms with Crippen LogP contribution in [0.2, 0.25) is 0 Å². The molecule has 0 aliphatic carbocycles. The second kappa shape index (κ2) is 7.59. The summed E-state index contributed by atoms with van der Waals surface area (Å²) in [4.78, 5) is 18.5. The maximum absolute atomic E-state index is 12.9. The first-order valence-electron chi connectivity index (χ1n) is 9.02. The molecule has 1 amide bonds. The molecular formula is C19H21N4O3S2+. The van der Waals surface area contributed by atoms with Gasteiger partial charge in [0.2, 0.25) is 10.0 Å². The van der Waals surface area contributed by atoms with Crippen LogP contribution in [0.3, 0.4) is 0 Å². The Hall–Kier alpha value is -2.33. The number of nitrogens with one attached hydrogen (secondary N) is 2. The third kappa shape index (κ3) is 3.79. The van der Waals surface area contributed by atoms with Crippen molar-refractivity contribution in [3.63, 3.8) is 0 Å². The Balaban J connectivity index is 1.55. The number of sulfonamides is 1. The number of para-hydroxylation sites is 1. The monoisotopic (exact) mass is 417 g/mol. The van der Waals surface area contributed by atoms with Crippen molar-refractivity contribution in [3.8, 4) is 0 Å². The summed E-state index contributed by atoms with van der Waals surface area (Å²) in [6.45, 7) is 2.51. The van der Waals surface area contributed by atoms with Gasteiger partial charge in [-0.05, 0) is 30.3 Å². The number of amides is 1. The van der Waals surface area contributed by atoms with Gasteiger partial charge in [-0.2, -0.15) is 4.31 Å². The third-order valence-corrected chi connectivity index (χ3v) is 7.67. The number of hydrogen-bond donors (Lipinski definition) is 2. The maximum Gasteiger partial charge on any atom is 0.257 e. The lowest BCUT2D eigenvalue weighted by Crippen LogP contribution is -3.12. The van der Waals surface area contributed by atoms with Gasteiger partial charge < -0.3 is 4.90 Å². The van der Waals surface area contributed by atoms with Crippen molar-refractivity contribution in [1.29, 1.82) is 0 Å². The first-order chi connectivity index (χ1) is 13.4. The number of rotatable bonds is 4. The highest BCUT2D eigenvalue weighted by atomic mass is 32.2. The first-order valence-corrected chi connectivity index (χ1v) is 11.3. The predicted octanol–water partition coefficient (Wildman–Crippen LogP) is 1.07. The van der Waals surface area contributed by atoms with E-state index in [9.17, 15) is 13.2 Å². The number of likely N-dealkylation sites (N-methyl/N-ethyl adjacent to an activating group) is 1. The molecule has 4 rings (SSSR count). The fraction of sp³-hybridized carbons (Fsp3) is 0.263. The van der Waals surface area contributed by atoms with Crippen LogP contribution in [0.1, 0.15) is 10.4 Å². The number of carbonyl (C=O) groups excluding carboxylic acids is 1. The van der Waals surface area contributed by atoms with Crippen LogP contribution >= 0.6 is 11.3 Å². The van der Waals surface area contributed by atoms with Crippen LogP contribution in [-0.4, -0.2) is 56.8 Å². The minimum atomic E-state index is -3.61. The van der Waals surface area contributed by atoms with Crippen molar-refractivity contribution in [2.75, 3.05) is 38.5 Å². The van der Waals surface area contributed by atoms with Crippen molar-refractivity contribution < 1.29 is 18.1 Å². The van der Waals surface area contributed by atoms with E-state index in [0.29, 0.717) is 23.8 Å². The summed E-state index contributed by atoms with van der Waals surface area (Å²) in [5, 5.41) is 3.26. The number of carbonyl (C=O) groups is 1. The summed E-state index contributed by atoms with van der Waals surface area (Å²) in [7, 11) is -1.56. The molecule has 1 saturated heterocycles. The SMILES string of the molecule is C[NH+]1CCN(S(=O)(=O)c2cccc(C(=O)Nc3nc4ccccc4s3)c2)CC1. The Morgan fingerprint density at radius 1 is 1.14 bits per heavy atom. The highest BCUT2D eigenvalue weighted by Gasteiger charge is 2.29. The van der Waals surface area contributed by atoms with E-state index in [0.717, 1.165) is 23.3 Å². The highest BCUT2D eigenvalue weighted by molar-refractivity contribution is 7.89. The predicted molar refractivity (Wildman–Crippen MR) is 109 cm³/mol. The smallest absolute Gasteiger partial charge is 0.257 e. The number of aromatic nitrogens is 1. The molecule has 1 fully saturated rings. The Morgan fingerprint density at radius 2 is 1.89 bits per heavy atom. The van der Waals surface area contributed by atoms with Crippen LogP contribution in [0, 0.1) is 0 Å². The fourth-order valence-electron chi connectivity index (χ4n) is 3.15. The molecule has 1 aliphatic rings. The summed E-state index contributed by atoms with van der Waals surface area (Å²) in [5.41, 5.74) is 1.11. The van der Waals surface area contributed by atoms with Gasteiger partial charge in [0, 0.05) is 5.56 Å². The molecule has 7 nitrogen and oxygen atoms in total. The molecule has 0 spiro atoms. The molecule has 0 saturated carbocycles. The van der Waals surface area contributed by atoms with Gasteiger partial charge in [-0.1, -0.05) is 29.5 Å². The molecule has 0 unspecified atom stereocenters. The summed E-state index contributed by atoms with van der Waals surface area (Å²) >= 11 is 1.38. The van der Waals surface area contributed by atoms with Gasteiger partial charge in [0.05, 0.1) is 48.3 Å². The number of piperazine rings is 1. The molecule has 146 valence electrons. The topological polar surface area (TPSA) is 83.8 Å². The second-order valence-corrected chi connectivity index (χ2v) is 9.80. The summed E-state index contributed by atoms with van der Waals surface area (Å²) in [6.07, 6.45) is 0. The molecule has 3 aromatic rings. The zero-order valence-corrected chi connectivity index (χ0v) is 17.0. The molecular weight excluding hydrogens is 396 g/mol. The van der Waals surface area contributed by atoms with Crippen LogP contribution in [0.25, 0.3) is 10.2 Å². The molecule has 28 heavy (non-hydrogen) atoms. The van der Waals surface area contributed by atoms with Crippen LogP contribution < -0.4 is 10.2 Å². The van der Waals surface area contributed by atoms with E-state index in [1.54, 1.807) is 12.1 Å². The Kier molecular flexibility index (Phi) is 5.15. The Bertz CT molecular complexity index is 1090. The molecule has 2 N–H and O–H groups in total. The van der Waals surface area contributed by atoms with Crippen LogP contribution in [-0.2, 0) is 10.0 Å². The number of hydrogen-bond acceptors (Lipinski definition) is 5. The van der Waals surface area contributed by atoms with Gasteiger partial charge in [-0.15, -0.1) is 0 Å². The molecule has 1 aliphatic heterocycles. The van der Waals surface area contributed by atoms with E-state index >= 15 is 0 Å². The van der Waals surface area contributed by atoms with Crippen LogP contribution in [0.15, 0.2) is 53.4 Å². The van der Waals surface area contributed by atoms with Crippen molar-refractivity contribution >= 4 is 42.6 Å². The molecule has 1 aromatic heterocycles. The molecule has 2 heterocycles. The van der Waals surface area contributed by atoms with E-state index in [1.807, 2.05) is 24.3 Å². The van der Waals surface area contributed by atoms with E-state index in [2.05, 4.69) is 17.3 Å².